The smallest absolute Gasteiger partial charge is 0.292 e. The lowest BCUT2D eigenvalue weighted by Gasteiger charge is -2.10. The van der Waals surface area contributed by atoms with Crippen LogP contribution in [0.4, 0.5) is 0 Å². The molecular weight excluding hydrogens is 186 g/mol. The third kappa shape index (κ3) is 5.42. The summed E-state index contributed by atoms with van der Waals surface area (Å²) in [6.07, 6.45) is 0.547. The summed E-state index contributed by atoms with van der Waals surface area (Å²) in [6.45, 7) is 6.37. The van der Waals surface area contributed by atoms with Gasteiger partial charge in [0.2, 0.25) is 0 Å². The van der Waals surface area contributed by atoms with Crippen LogP contribution in [0.1, 0.15) is 13.3 Å². The predicted octanol–water partition coefficient (Wildman–Crippen LogP) is 0.895. The van der Waals surface area contributed by atoms with E-state index in [-0.39, 0.29) is 12.5 Å². The number of ether oxygens (including phenoxy) is 2. The van der Waals surface area contributed by atoms with Crippen molar-refractivity contribution in [1.82, 2.24) is 0 Å². The molecule has 0 aromatic heterocycles. The van der Waals surface area contributed by atoms with Crippen molar-refractivity contribution in [2.75, 3.05) is 26.9 Å². The highest BCUT2D eigenvalue weighted by atomic mass is 16.6. The maximum absolute atomic E-state index is 8.53. The molecule has 0 aromatic carbocycles. The second-order valence-corrected chi connectivity index (χ2v) is 2.36. The van der Waals surface area contributed by atoms with Gasteiger partial charge in [-0.3, -0.25) is 0 Å². The number of nitrogens with zero attached hydrogens (tertiary/aromatic N) is 1. The van der Waals surface area contributed by atoms with Crippen LogP contribution in [-0.4, -0.2) is 37.9 Å². The van der Waals surface area contributed by atoms with Crippen molar-refractivity contribution in [3.63, 3.8) is 0 Å². The highest BCUT2D eigenvalue weighted by Gasteiger charge is 2.07. The molecule has 0 fully saturated rings. The first-order chi connectivity index (χ1) is 6.76. The molecule has 0 saturated heterocycles. The SMILES string of the molecule is C=C(OCCCO)/C(=N\OC)OCC. The van der Waals surface area contributed by atoms with Gasteiger partial charge in [0, 0.05) is 13.0 Å². The van der Waals surface area contributed by atoms with Crippen LogP contribution < -0.4 is 0 Å². The molecule has 0 radical (unpaired) electrons. The van der Waals surface area contributed by atoms with Gasteiger partial charge >= 0.3 is 0 Å². The third-order valence-corrected chi connectivity index (χ3v) is 1.27. The summed E-state index contributed by atoms with van der Waals surface area (Å²) >= 11 is 0. The monoisotopic (exact) mass is 203 g/mol. The minimum atomic E-state index is 0.0820. The average Bonchev–Trinajstić information content (AvgIpc) is 2.18. The Morgan fingerprint density at radius 1 is 1.43 bits per heavy atom. The summed E-state index contributed by atoms with van der Waals surface area (Å²) in [5.74, 6) is 0.537. The van der Waals surface area contributed by atoms with Crippen LogP contribution in [0.2, 0.25) is 0 Å². The molecule has 0 heterocycles. The van der Waals surface area contributed by atoms with Gasteiger partial charge in [0.1, 0.15) is 7.11 Å². The zero-order valence-electron chi connectivity index (χ0n) is 8.65. The minimum absolute atomic E-state index is 0.0820. The van der Waals surface area contributed by atoms with Crippen molar-refractivity contribution in [3.8, 4) is 0 Å². The number of hydrogen-bond acceptors (Lipinski definition) is 5. The van der Waals surface area contributed by atoms with Crippen molar-refractivity contribution in [2.24, 2.45) is 5.16 Å². The first kappa shape index (κ1) is 12.8. The van der Waals surface area contributed by atoms with Crippen LogP contribution in [0.15, 0.2) is 17.5 Å². The van der Waals surface area contributed by atoms with Crippen LogP contribution in [0.25, 0.3) is 0 Å². The van der Waals surface area contributed by atoms with Crippen molar-refractivity contribution in [3.05, 3.63) is 12.3 Å². The van der Waals surface area contributed by atoms with Crippen LogP contribution in [0.5, 0.6) is 0 Å². The van der Waals surface area contributed by atoms with Gasteiger partial charge in [0.25, 0.3) is 5.90 Å². The highest BCUT2D eigenvalue weighted by molar-refractivity contribution is 5.90. The van der Waals surface area contributed by atoms with Gasteiger partial charge in [0.05, 0.1) is 13.2 Å². The molecule has 0 unspecified atom stereocenters. The molecule has 82 valence electrons. The molecule has 0 aliphatic heterocycles. The number of aliphatic hydroxyl groups excluding tert-OH is 1. The first-order valence-electron chi connectivity index (χ1n) is 4.43. The maximum atomic E-state index is 8.53. The van der Waals surface area contributed by atoms with E-state index in [1.807, 2.05) is 6.92 Å². The molecule has 0 atom stereocenters. The molecule has 0 amide bonds. The Morgan fingerprint density at radius 2 is 2.14 bits per heavy atom. The van der Waals surface area contributed by atoms with Crippen LogP contribution >= 0.6 is 0 Å². The van der Waals surface area contributed by atoms with Crippen LogP contribution in [0, 0.1) is 0 Å². The van der Waals surface area contributed by atoms with Crippen molar-refractivity contribution in [2.45, 2.75) is 13.3 Å². The van der Waals surface area contributed by atoms with Crippen molar-refractivity contribution in [1.29, 1.82) is 0 Å². The molecule has 0 spiro atoms. The summed E-state index contributed by atoms with van der Waals surface area (Å²) in [7, 11) is 1.42. The molecule has 14 heavy (non-hydrogen) atoms. The molecule has 0 rings (SSSR count). The van der Waals surface area contributed by atoms with E-state index in [0.29, 0.717) is 25.4 Å². The number of oxime groups is 1. The second kappa shape index (κ2) is 8.37. The average molecular weight is 203 g/mol. The first-order valence-corrected chi connectivity index (χ1v) is 4.43. The van der Waals surface area contributed by atoms with Gasteiger partial charge in [-0.2, -0.15) is 0 Å². The van der Waals surface area contributed by atoms with E-state index >= 15 is 0 Å². The van der Waals surface area contributed by atoms with Gasteiger partial charge in [-0.05, 0) is 12.1 Å². The van der Waals surface area contributed by atoms with Crippen LogP contribution in [0.3, 0.4) is 0 Å². The maximum Gasteiger partial charge on any atom is 0.292 e. The molecule has 0 saturated carbocycles. The zero-order chi connectivity index (χ0) is 10.8. The largest absolute Gasteiger partial charge is 0.488 e. The second-order valence-electron chi connectivity index (χ2n) is 2.36. The predicted molar refractivity (Wildman–Crippen MR) is 52.9 cm³/mol. The lowest BCUT2D eigenvalue weighted by atomic mass is 10.5. The van der Waals surface area contributed by atoms with Gasteiger partial charge in [0.15, 0.2) is 5.76 Å². The van der Waals surface area contributed by atoms with E-state index in [9.17, 15) is 0 Å². The molecule has 0 aromatic rings. The van der Waals surface area contributed by atoms with Gasteiger partial charge in [-0.1, -0.05) is 6.58 Å². The molecule has 0 aliphatic carbocycles. The van der Waals surface area contributed by atoms with E-state index in [4.69, 9.17) is 14.6 Å². The lowest BCUT2D eigenvalue weighted by Crippen LogP contribution is -2.11. The summed E-state index contributed by atoms with van der Waals surface area (Å²) in [5, 5.41) is 12.1. The molecule has 0 aliphatic rings. The van der Waals surface area contributed by atoms with E-state index < -0.39 is 0 Å². The molecular formula is C9H17NO4. The Morgan fingerprint density at radius 3 is 2.64 bits per heavy atom. The van der Waals surface area contributed by atoms with Gasteiger partial charge < -0.3 is 19.4 Å². The Labute approximate surface area is 84.0 Å². The number of hydrogen-bond donors (Lipinski definition) is 1. The zero-order valence-corrected chi connectivity index (χ0v) is 8.65. The molecule has 1 N–H and O–H groups in total. The Kier molecular flexibility index (Phi) is 7.64. The molecule has 0 bridgehead atoms. The van der Waals surface area contributed by atoms with Gasteiger partial charge in [-0.15, -0.1) is 0 Å². The van der Waals surface area contributed by atoms with Gasteiger partial charge in [-0.25, -0.2) is 0 Å². The van der Waals surface area contributed by atoms with Crippen molar-refractivity contribution >= 4 is 5.90 Å². The fourth-order valence-corrected chi connectivity index (χ4v) is 0.699. The van der Waals surface area contributed by atoms with E-state index in [1.165, 1.54) is 7.11 Å². The summed E-state index contributed by atoms with van der Waals surface area (Å²) in [4.78, 5) is 4.56. The topological polar surface area (TPSA) is 60.3 Å². The highest BCUT2D eigenvalue weighted by Crippen LogP contribution is 2.01. The summed E-state index contributed by atoms with van der Waals surface area (Å²) < 4.78 is 10.3. The van der Waals surface area contributed by atoms with Crippen LogP contribution in [-0.2, 0) is 14.3 Å². The number of aliphatic hydroxyl groups is 1. The summed E-state index contributed by atoms with van der Waals surface area (Å²) in [5.41, 5.74) is 0. The summed E-state index contributed by atoms with van der Waals surface area (Å²) in [6, 6.07) is 0. The van der Waals surface area contributed by atoms with E-state index in [0.717, 1.165) is 0 Å². The fraction of sp³-hybridized carbons (Fsp3) is 0.667. The minimum Gasteiger partial charge on any atom is -0.488 e. The Hall–Kier alpha value is -1.23. The standard InChI is InChI=1S/C9H17NO4/c1-4-13-9(10-12-3)8(2)14-7-5-6-11/h11H,2,4-7H2,1,3H3/b10-9+. The van der Waals surface area contributed by atoms with Crippen molar-refractivity contribution < 1.29 is 19.4 Å². The van der Waals surface area contributed by atoms with E-state index in [2.05, 4.69) is 16.6 Å². The molecule has 5 nitrogen and oxygen atoms in total. The Balaban J connectivity index is 3.96. The number of rotatable bonds is 7. The normalized spacial score (nSPS) is 10.9. The quantitative estimate of drug-likeness (QED) is 0.219. The lowest BCUT2D eigenvalue weighted by molar-refractivity contribution is 0.161. The third-order valence-electron chi connectivity index (χ3n) is 1.27. The fourth-order valence-electron chi connectivity index (χ4n) is 0.699. The van der Waals surface area contributed by atoms with E-state index in [1.54, 1.807) is 0 Å². The molecule has 5 heteroatoms. The Bertz CT molecular complexity index is 191.